The van der Waals surface area contributed by atoms with Crippen LogP contribution in [0.4, 0.5) is 0 Å². The summed E-state index contributed by atoms with van der Waals surface area (Å²) in [5.74, 6) is 2.14. The first-order chi connectivity index (χ1) is 10.6. The van der Waals surface area contributed by atoms with Crippen molar-refractivity contribution in [3.05, 3.63) is 46.5 Å². The van der Waals surface area contributed by atoms with Crippen molar-refractivity contribution in [2.45, 2.75) is 38.3 Å². The Morgan fingerprint density at radius 3 is 3.00 bits per heavy atom. The van der Waals surface area contributed by atoms with Crippen LogP contribution >= 0.6 is 11.6 Å². The summed E-state index contributed by atoms with van der Waals surface area (Å²) in [4.78, 5) is 4.39. The monoisotopic (exact) mass is 320 g/mol. The highest BCUT2D eigenvalue weighted by Crippen LogP contribution is 2.36. The van der Waals surface area contributed by atoms with Crippen molar-refractivity contribution < 1.29 is 5.11 Å². The first-order valence-corrected chi connectivity index (χ1v) is 8.01. The number of aliphatic hydroxyl groups is 1. The summed E-state index contributed by atoms with van der Waals surface area (Å²) in [6.45, 7) is 3.44. The molecule has 1 aromatic carbocycles. The van der Waals surface area contributed by atoms with Crippen LogP contribution in [0.1, 0.15) is 36.0 Å². The highest BCUT2D eigenvalue weighted by molar-refractivity contribution is 6.30. The molecule has 1 fully saturated rings. The second-order valence-corrected chi connectivity index (χ2v) is 6.47. The third-order valence-electron chi connectivity index (χ3n) is 4.26. The van der Waals surface area contributed by atoms with Crippen LogP contribution in [0, 0.1) is 12.8 Å². The van der Waals surface area contributed by atoms with Gasteiger partial charge in [-0.05, 0) is 43.4 Å². The number of aromatic nitrogens is 3. The van der Waals surface area contributed by atoms with Gasteiger partial charge in [-0.2, -0.15) is 5.10 Å². The number of aromatic amines is 1. The number of rotatable bonds is 5. The lowest BCUT2D eigenvalue weighted by atomic mass is 10.0. The van der Waals surface area contributed by atoms with Gasteiger partial charge in [0.05, 0.1) is 6.10 Å². The van der Waals surface area contributed by atoms with Crippen molar-refractivity contribution in [2.75, 3.05) is 6.54 Å². The summed E-state index contributed by atoms with van der Waals surface area (Å²) in [5.41, 5.74) is 1.15. The van der Waals surface area contributed by atoms with Gasteiger partial charge in [-0.15, -0.1) is 0 Å². The molecule has 0 spiro atoms. The fourth-order valence-corrected chi connectivity index (χ4v) is 3.34. The largest absolute Gasteiger partial charge is 0.393 e. The van der Waals surface area contributed by atoms with Gasteiger partial charge in [-0.1, -0.05) is 23.7 Å². The Labute approximate surface area is 135 Å². The Morgan fingerprint density at radius 1 is 1.41 bits per heavy atom. The van der Waals surface area contributed by atoms with Crippen LogP contribution in [0.5, 0.6) is 0 Å². The lowest BCUT2D eigenvalue weighted by Crippen LogP contribution is -2.27. The van der Waals surface area contributed by atoms with E-state index in [0.717, 1.165) is 48.2 Å². The Balaban J connectivity index is 1.51. The molecular formula is C16H21ClN4O. The summed E-state index contributed by atoms with van der Waals surface area (Å²) in [7, 11) is 0. The fraction of sp³-hybridized carbons (Fsp3) is 0.500. The molecule has 3 N–H and O–H groups in total. The third-order valence-corrected chi connectivity index (χ3v) is 4.50. The second kappa shape index (κ2) is 6.77. The number of H-pyrrole nitrogens is 1. The molecule has 3 atom stereocenters. The molecule has 1 heterocycles. The van der Waals surface area contributed by atoms with E-state index in [4.69, 9.17) is 11.6 Å². The van der Waals surface area contributed by atoms with Gasteiger partial charge in [-0.3, -0.25) is 5.10 Å². The average molecular weight is 321 g/mol. The highest BCUT2D eigenvalue weighted by atomic mass is 35.5. The quantitative estimate of drug-likeness (QED) is 0.791. The van der Waals surface area contributed by atoms with Gasteiger partial charge >= 0.3 is 0 Å². The maximum absolute atomic E-state index is 10.2. The molecule has 1 aliphatic carbocycles. The van der Waals surface area contributed by atoms with Crippen LogP contribution in [0.2, 0.25) is 5.02 Å². The number of hydrogen-bond donors (Lipinski definition) is 3. The first-order valence-electron chi connectivity index (χ1n) is 7.64. The standard InChI is InChI=1S/C16H21ClN4O/c1-10-19-16(21-20-10)12-6-13(15(22)7-12)9-18-8-11-3-2-4-14(17)5-11/h2-5,12-13,15,18,22H,6-9H2,1H3,(H,19,20,21)/t12?,13-,15-/m1/s1. The Kier molecular flexibility index (Phi) is 4.76. The summed E-state index contributed by atoms with van der Waals surface area (Å²) in [6.07, 6.45) is 1.36. The van der Waals surface area contributed by atoms with Gasteiger partial charge in [0, 0.05) is 24.0 Å². The molecule has 22 heavy (non-hydrogen) atoms. The van der Waals surface area contributed by atoms with Crippen LogP contribution in [-0.4, -0.2) is 32.9 Å². The van der Waals surface area contributed by atoms with Gasteiger partial charge in [0.2, 0.25) is 0 Å². The number of aryl methyl sites for hydroxylation is 1. The van der Waals surface area contributed by atoms with E-state index in [1.165, 1.54) is 0 Å². The minimum Gasteiger partial charge on any atom is -0.393 e. The molecule has 0 saturated heterocycles. The van der Waals surface area contributed by atoms with Crippen LogP contribution < -0.4 is 5.32 Å². The van der Waals surface area contributed by atoms with E-state index in [2.05, 4.69) is 20.5 Å². The summed E-state index contributed by atoms with van der Waals surface area (Å²) in [5, 5.41) is 21.5. The zero-order chi connectivity index (χ0) is 15.5. The molecule has 2 aromatic rings. The van der Waals surface area contributed by atoms with E-state index in [0.29, 0.717) is 0 Å². The maximum atomic E-state index is 10.2. The molecule has 0 radical (unpaired) electrons. The van der Waals surface area contributed by atoms with Gasteiger partial charge in [-0.25, -0.2) is 4.98 Å². The van der Waals surface area contributed by atoms with Crippen molar-refractivity contribution in [1.82, 2.24) is 20.5 Å². The van der Waals surface area contributed by atoms with E-state index < -0.39 is 0 Å². The van der Waals surface area contributed by atoms with E-state index >= 15 is 0 Å². The average Bonchev–Trinajstić information content (AvgIpc) is 3.06. The van der Waals surface area contributed by atoms with Crippen LogP contribution in [-0.2, 0) is 6.54 Å². The Bertz CT molecular complexity index is 630. The number of hydrogen-bond acceptors (Lipinski definition) is 4. The fourth-order valence-electron chi connectivity index (χ4n) is 3.12. The Hall–Kier alpha value is -1.43. The number of nitrogens with one attached hydrogen (secondary N) is 2. The number of halogens is 1. The van der Waals surface area contributed by atoms with Crippen molar-refractivity contribution in [3.8, 4) is 0 Å². The van der Waals surface area contributed by atoms with Gasteiger partial charge < -0.3 is 10.4 Å². The minimum atomic E-state index is -0.296. The highest BCUT2D eigenvalue weighted by Gasteiger charge is 2.35. The van der Waals surface area contributed by atoms with Crippen LogP contribution in [0.3, 0.4) is 0 Å². The van der Waals surface area contributed by atoms with E-state index in [1.807, 2.05) is 31.2 Å². The summed E-state index contributed by atoms with van der Waals surface area (Å²) in [6, 6.07) is 7.82. The third kappa shape index (κ3) is 3.66. The number of aliphatic hydroxyl groups excluding tert-OH is 1. The molecule has 0 amide bonds. The normalized spacial score (nSPS) is 24.8. The van der Waals surface area contributed by atoms with Crippen molar-refractivity contribution >= 4 is 11.6 Å². The molecule has 5 nitrogen and oxygen atoms in total. The predicted molar refractivity (Wildman–Crippen MR) is 85.8 cm³/mol. The molecule has 118 valence electrons. The lowest BCUT2D eigenvalue weighted by Gasteiger charge is -2.15. The first kappa shape index (κ1) is 15.5. The maximum Gasteiger partial charge on any atom is 0.153 e. The molecule has 6 heteroatoms. The predicted octanol–water partition coefficient (Wildman–Crippen LogP) is 2.41. The molecular weight excluding hydrogens is 300 g/mol. The molecule has 3 rings (SSSR count). The molecule has 1 unspecified atom stereocenters. The van der Waals surface area contributed by atoms with Gasteiger partial charge in [0.15, 0.2) is 5.82 Å². The molecule has 0 aliphatic heterocycles. The Morgan fingerprint density at radius 2 is 2.27 bits per heavy atom. The molecule has 1 saturated carbocycles. The molecule has 1 aliphatic rings. The van der Waals surface area contributed by atoms with Gasteiger partial charge in [0.1, 0.15) is 5.82 Å². The van der Waals surface area contributed by atoms with Crippen LogP contribution in [0.15, 0.2) is 24.3 Å². The summed E-state index contributed by atoms with van der Waals surface area (Å²) < 4.78 is 0. The SMILES string of the molecule is Cc1nc(C2C[C@H](CNCc3cccc(Cl)c3)[C@H](O)C2)n[nH]1. The van der Waals surface area contributed by atoms with Gasteiger partial charge in [0.25, 0.3) is 0 Å². The zero-order valence-electron chi connectivity index (χ0n) is 12.6. The van der Waals surface area contributed by atoms with Crippen molar-refractivity contribution in [1.29, 1.82) is 0 Å². The second-order valence-electron chi connectivity index (χ2n) is 6.04. The molecule has 1 aromatic heterocycles. The van der Waals surface area contributed by atoms with E-state index in [1.54, 1.807) is 0 Å². The van der Waals surface area contributed by atoms with Crippen molar-refractivity contribution in [2.24, 2.45) is 5.92 Å². The lowest BCUT2D eigenvalue weighted by molar-refractivity contribution is 0.131. The van der Waals surface area contributed by atoms with E-state index in [9.17, 15) is 5.11 Å². The van der Waals surface area contributed by atoms with Crippen molar-refractivity contribution in [3.63, 3.8) is 0 Å². The number of nitrogens with zero attached hydrogens (tertiary/aromatic N) is 2. The summed E-state index contributed by atoms with van der Waals surface area (Å²) >= 11 is 5.98. The van der Waals surface area contributed by atoms with Crippen LogP contribution in [0.25, 0.3) is 0 Å². The van der Waals surface area contributed by atoms with E-state index in [-0.39, 0.29) is 17.9 Å². The topological polar surface area (TPSA) is 73.8 Å². The smallest absolute Gasteiger partial charge is 0.153 e. The zero-order valence-corrected chi connectivity index (χ0v) is 13.3. The molecule has 0 bridgehead atoms. The minimum absolute atomic E-state index is 0.239. The number of benzene rings is 1.